The number of aromatic nitrogens is 1. The highest BCUT2D eigenvalue weighted by Crippen LogP contribution is 2.22. The zero-order valence-electron chi connectivity index (χ0n) is 11.2. The first-order valence-electron chi connectivity index (χ1n) is 6.54. The van der Waals surface area contributed by atoms with E-state index in [1.807, 2.05) is 36.4 Å². The topological polar surface area (TPSA) is 59.4 Å². The molecular weight excluding hydrogens is 266 g/mol. The molecule has 21 heavy (non-hydrogen) atoms. The van der Waals surface area contributed by atoms with Crippen molar-refractivity contribution in [1.82, 2.24) is 4.98 Å². The maximum Gasteiger partial charge on any atom is 0.336 e. The number of ether oxygens (including phenoxy) is 1. The second-order valence-electron chi connectivity index (χ2n) is 4.60. The monoisotopic (exact) mass is 279 g/mol. The molecule has 0 aliphatic heterocycles. The van der Waals surface area contributed by atoms with E-state index in [0.29, 0.717) is 23.4 Å². The largest absolute Gasteiger partial charge is 0.478 e. The number of fused-ring (bicyclic) bond motifs is 1. The van der Waals surface area contributed by atoms with Crippen molar-refractivity contribution in [2.45, 2.75) is 6.61 Å². The number of para-hydroxylation sites is 1. The second-order valence-corrected chi connectivity index (χ2v) is 4.60. The van der Waals surface area contributed by atoms with Gasteiger partial charge in [0.05, 0.1) is 11.1 Å². The molecule has 0 fully saturated rings. The summed E-state index contributed by atoms with van der Waals surface area (Å²) >= 11 is 0. The Morgan fingerprint density at radius 1 is 1.05 bits per heavy atom. The van der Waals surface area contributed by atoms with E-state index in [-0.39, 0.29) is 5.56 Å². The molecule has 3 aromatic rings. The highest BCUT2D eigenvalue weighted by atomic mass is 16.5. The molecule has 0 bridgehead atoms. The number of carboxylic acids is 1. The first-order chi connectivity index (χ1) is 10.2. The fourth-order valence-corrected chi connectivity index (χ4v) is 2.13. The zero-order chi connectivity index (χ0) is 14.7. The van der Waals surface area contributed by atoms with Gasteiger partial charge in [0.25, 0.3) is 0 Å². The number of hydrogen-bond donors (Lipinski definition) is 1. The molecule has 1 heterocycles. The molecule has 104 valence electrons. The van der Waals surface area contributed by atoms with Gasteiger partial charge in [0.2, 0.25) is 5.88 Å². The maximum absolute atomic E-state index is 11.4. The van der Waals surface area contributed by atoms with Crippen LogP contribution < -0.4 is 4.74 Å². The standard InChI is InChI=1S/C17H13NO3/c19-17(20)14-10-16(18-15-9-5-4-8-13(14)15)21-11-12-6-2-1-3-7-12/h1-10H,11H2,(H,19,20). The number of hydrogen-bond acceptors (Lipinski definition) is 3. The molecule has 0 amide bonds. The van der Waals surface area contributed by atoms with Crippen LogP contribution in [0.25, 0.3) is 10.9 Å². The summed E-state index contributed by atoms with van der Waals surface area (Å²) in [7, 11) is 0. The zero-order valence-corrected chi connectivity index (χ0v) is 11.2. The lowest BCUT2D eigenvalue weighted by atomic mass is 10.1. The predicted molar refractivity (Wildman–Crippen MR) is 79.5 cm³/mol. The quantitative estimate of drug-likeness (QED) is 0.794. The number of carboxylic acid groups (broad SMARTS) is 1. The minimum atomic E-state index is -0.988. The van der Waals surface area contributed by atoms with Crippen molar-refractivity contribution in [2.75, 3.05) is 0 Å². The molecule has 0 aliphatic carbocycles. The highest BCUT2D eigenvalue weighted by Gasteiger charge is 2.12. The first kappa shape index (κ1) is 13.1. The Labute approximate surface area is 121 Å². The van der Waals surface area contributed by atoms with Crippen molar-refractivity contribution in [2.24, 2.45) is 0 Å². The average Bonchev–Trinajstić information content (AvgIpc) is 2.53. The minimum Gasteiger partial charge on any atom is -0.478 e. The number of nitrogens with zero attached hydrogens (tertiary/aromatic N) is 1. The number of rotatable bonds is 4. The summed E-state index contributed by atoms with van der Waals surface area (Å²) in [5.41, 5.74) is 1.81. The van der Waals surface area contributed by atoms with E-state index in [1.165, 1.54) is 6.07 Å². The van der Waals surface area contributed by atoms with Crippen LogP contribution in [0, 0.1) is 0 Å². The van der Waals surface area contributed by atoms with Gasteiger partial charge in [-0.1, -0.05) is 48.5 Å². The van der Waals surface area contributed by atoms with E-state index >= 15 is 0 Å². The van der Waals surface area contributed by atoms with Crippen LogP contribution in [0.3, 0.4) is 0 Å². The van der Waals surface area contributed by atoms with Crippen molar-refractivity contribution in [3.8, 4) is 5.88 Å². The van der Waals surface area contributed by atoms with Gasteiger partial charge < -0.3 is 9.84 Å². The SMILES string of the molecule is O=C(O)c1cc(OCc2ccccc2)nc2ccccc12. The van der Waals surface area contributed by atoms with Gasteiger partial charge >= 0.3 is 5.97 Å². The third kappa shape index (κ3) is 2.84. The average molecular weight is 279 g/mol. The molecule has 3 rings (SSSR count). The van der Waals surface area contributed by atoms with E-state index in [1.54, 1.807) is 18.2 Å². The van der Waals surface area contributed by atoms with Crippen LogP contribution in [0.1, 0.15) is 15.9 Å². The number of benzene rings is 2. The van der Waals surface area contributed by atoms with Crippen molar-refractivity contribution in [3.05, 3.63) is 71.8 Å². The summed E-state index contributed by atoms with van der Waals surface area (Å²) in [6.45, 7) is 0.352. The Kier molecular flexibility index (Phi) is 3.51. The molecule has 0 saturated carbocycles. The fraction of sp³-hybridized carbons (Fsp3) is 0.0588. The van der Waals surface area contributed by atoms with Gasteiger partial charge in [-0.05, 0) is 11.6 Å². The predicted octanol–water partition coefficient (Wildman–Crippen LogP) is 3.51. The number of carbonyl (C=O) groups is 1. The van der Waals surface area contributed by atoms with Crippen molar-refractivity contribution in [3.63, 3.8) is 0 Å². The van der Waals surface area contributed by atoms with E-state index < -0.39 is 5.97 Å². The first-order valence-corrected chi connectivity index (χ1v) is 6.54. The third-order valence-corrected chi connectivity index (χ3v) is 3.15. The van der Waals surface area contributed by atoms with Crippen LogP contribution in [0.5, 0.6) is 5.88 Å². The summed E-state index contributed by atoms with van der Waals surface area (Å²) in [6.07, 6.45) is 0. The van der Waals surface area contributed by atoms with Gasteiger partial charge in [0, 0.05) is 11.5 Å². The normalized spacial score (nSPS) is 10.5. The van der Waals surface area contributed by atoms with Crippen molar-refractivity contribution in [1.29, 1.82) is 0 Å². The van der Waals surface area contributed by atoms with E-state index in [0.717, 1.165) is 5.56 Å². The maximum atomic E-state index is 11.4. The Balaban J connectivity index is 1.94. The van der Waals surface area contributed by atoms with Crippen molar-refractivity contribution < 1.29 is 14.6 Å². The highest BCUT2D eigenvalue weighted by molar-refractivity contribution is 6.02. The summed E-state index contributed by atoms with van der Waals surface area (Å²) in [6, 6.07) is 18.3. The van der Waals surface area contributed by atoms with Crippen LogP contribution in [0.15, 0.2) is 60.7 Å². The smallest absolute Gasteiger partial charge is 0.336 e. The molecule has 1 aromatic heterocycles. The Bertz CT molecular complexity index is 784. The lowest BCUT2D eigenvalue weighted by Crippen LogP contribution is -2.02. The Morgan fingerprint density at radius 3 is 2.52 bits per heavy atom. The van der Waals surface area contributed by atoms with Crippen LogP contribution in [0.4, 0.5) is 0 Å². The van der Waals surface area contributed by atoms with E-state index in [9.17, 15) is 9.90 Å². The molecule has 0 spiro atoms. The summed E-state index contributed by atoms with van der Waals surface area (Å²) < 4.78 is 5.62. The number of pyridine rings is 1. The van der Waals surface area contributed by atoms with E-state index in [2.05, 4.69) is 4.98 Å². The summed E-state index contributed by atoms with van der Waals surface area (Å²) in [5, 5.41) is 9.92. The fourth-order valence-electron chi connectivity index (χ4n) is 2.13. The molecule has 4 nitrogen and oxygen atoms in total. The van der Waals surface area contributed by atoms with Gasteiger partial charge in [-0.2, -0.15) is 0 Å². The second kappa shape index (κ2) is 5.63. The summed E-state index contributed by atoms with van der Waals surface area (Å²) in [5.74, 6) is -0.673. The van der Waals surface area contributed by atoms with Crippen LogP contribution >= 0.6 is 0 Å². The Morgan fingerprint density at radius 2 is 1.76 bits per heavy atom. The van der Waals surface area contributed by atoms with Crippen LogP contribution in [0.2, 0.25) is 0 Å². The molecule has 2 aromatic carbocycles. The minimum absolute atomic E-state index is 0.198. The lowest BCUT2D eigenvalue weighted by Gasteiger charge is -2.08. The molecule has 0 aliphatic rings. The van der Waals surface area contributed by atoms with Gasteiger partial charge in [0.1, 0.15) is 6.61 Å². The molecule has 0 unspecified atom stereocenters. The van der Waals surface area contributed by atoms with Crippen LogP contribution in [-0.4, -0.2) is 16.1 Å². The van der Waals surface area contributed by atoms with Crippen LogP contribution in [-0.2, 0) is 6.61 Å². The molecule has 4 heteroatoms. The number of aromatic carboxylic acids is 1. The van der Waals surface area contributed by atoms with E-state index in [4.69, 9.17) is 4.74 Å². The van der Waals surface area contributed by atoms with Gasteiger partial charge in [-0.15, -0.1) is 0 Å². The van der Waals surface area contributed by atoms with Gasteiger partial charge in [0.15, 0.2) is 0 Å². The molecule has 0 saturated heterocycles. The molecular formula is C17H13NO3. The molecule has 1 N–H and O–H groups in total. The summed E-state index contributed by atoms with van der Waals surface area (Å²) in [4.78, 5) is 15.7. The lowest BCUT2D eigenvalue weighted by molar-refractivity contribution is 0.0698. The third-order valence-electron chi connectivity index (χ3n) is 3.15. The van der Waals surface area contributed by atoms with Gasteiger partial charge in [-0.25, -0.2) is 9.78 Å². The van der Waals surface area contributed by atoms with Crippen molar-refractivity contribution >= 4 is 16.9 Å². The molecule has 0 atom stereocenters. The Hall–Kier alpha value is -2.88. The molecule has 0 radical (unpaired) electrons. The van der Waals surface area contributed by atoms with Gasteiger partial charge in [-0.3, -0.25) is 0 Å².